The Balaban J connectivity index is 1.83. The van der Waals surface area contributed by atoms with E-state index in [1.807, 2.05) is 6.92 Å². The van der Waals surface area contributed by atoms with Crippen LogP contribution in [0, 0.1) is 6.92 Å². The fourth-order valence-electron chi connectivity index (χ4n) is 2.29. The Bertz CT molecular complexity index is 960. The highest BCUT2D eigenvalue weighted by atomic mass is 35.5. The third-order valence-electron chi connectivity index (χ3n) is 3.49. The van der Waals surface area contributed by atoms with Gasteiger partial charge in [-0.05, 0) is 30.7 Å². The molecule has 1 N–H and O–H groups in total. The first-order valence-corrected chi connectivity index (χ1v) is 7.26. The van der Waals surface area contributed by atoms with Crippen LogP contribution in [0.3, 0.4) is 0 Å². The van der Waals surface area contributed by atoms with Crippen molar-refractivity contribution in [3.05, 3.63) is 51.7 Å². The van der Waals surface area contributed by atoms with Gasteiger partial charge >= 0.3 is 0 Å². The lowest BCUT2D eigenvalue weighted by Crippen LogP contribution is -2.28. The molecule has 0 saturated carbocycles. The lowest BCUT2D eigenvalue weighted by Gasteiger charge is -2.09. The molecule has 0 radical (unpaired) electrons. The second-order valence-corrected chi connectivity index (χ2v) is 5.63. The third kappa shape index (κ3) is 2.95. The van der Waals surface area contributed by atoms with Gasteiger partial charge in [-0.1, -0.05) is 11.6 Å². The first-order valence-electron chi connectivity index (χ1n) is 6.89. The van der Waals surface area contributed by atoms with Crippen LogP contribution in [-0.2, 0) is 18.4 Å². The number of aryl methyl sites for hydroxylation is 2. The number of halogens is 1. The molecule has 0 fully saturated rings. The number of nitrogens with one attached hydrogen (secondary N) is 1. The number of rotatable bonds is 3. The molecule has 3 rings (SSSR count). The van der Waals surface area contributed by atoms with Crippen molar-refractivity contribution in [3.8, 4) is 0 Å². The minimum absolute atomic E-state index is 0.126. The van der Waals surface area contributed by atoms with E-state index in [1.54, 1.807) is 25.2 Å². The van der Waals surface area contributed by atoms with Gasteiger partial charge in [0.05, 0.1) is 6.20 Å². The number of carbonyl (C=O) groups is 1. The van der Waals surface area contributed by atoms with Crippen LogP contribution >= 0.6 is 11.6 Å². The van der Waals surface area contributed by atoms with E-state index in [2.05, 4.69) is 15.4 Å². The van der Waals surface area contributed by atoms with E-state index in [1.165, 1.54) is 21.8 Å². The number of hydrogen-bond donors (Lipinski definition) is 1. The predicted molar refractivity (Wildman–Crippen MR) is 87.6 cm³/mol. The molecule has 8 heteroatoms. The normalized spacial score (nSPS) is 10.9. The molecule has 3 aromatic rings. The van der Waals surface area contributed by atoms with E-state index in [9.17, 15) is 9.59 Å². The fourth-order valence-corrected chi connectivity index (χ4v) is 2.52. The van der Waals surface area contributed by atoms with Gasteiger partial charge < -0.3 is 5.32 Å². The van der Waals surface area contributed by atoms with Crippen molar-refractivity contribution < 1.29 is 4.79 Å². The van der Waals surface area contributed by atoms with E-state index in [4.69, 9.17) is 11.6 Å². The maximum absolute atomic E-state index is 12.3. The smallest absolute Gasteiger partial charge is 0.264 e. The molecular formula is C15H14ClN5O2. The van der Waals surface area contributed by atoms with Gasteiger partial charge in [-0.2, -0.15) is 5.10 Å². The molecule has 2 aromatic heterocycles. The minimum atomic E-state index is -0.317. The molecule has 0 unspecified atom stereocenters. The van der Waals surface area contributed by atoms with Crippen molar-refractivity contribution in [2.24, 2.45) is 7.05 Å². The Morgan fingerprint density at radius 3 is 2.91 bits per heavy atom. The van der Waals surface area contributed by atoms with Crippen molar-refractivity contribution in [2.75, 3.05) is 5.32 Å². The SMILES string of the molecule is Cc1cc(Cl)ccc1NC(=O)Cn1cnc2c(cnn2C)c1=O. The molecule has 23 heavy (non-hydrogen) atoms. The molecule has 7 nitrogen and oxygen atoms in total. The quantitative estimate of drug-likeness (QED) is 0.792. The summed E-state index contributed by atoms with van der Waals surface area (Å²) < 4.78 is 2.77. The molecule has 2 heterocycles. The van der Waals surface area contributed by atoms with E-state index < -0.39 is 0 Å². The van der Waals surface area contributed by atoms with Crippen molar-refractivity contribution in [3.63, 3.8) is 0 Å². The second-order valence-electron chi connectivity index (χ2n) is 5.19. The molecule has 118 valence electrons. The molecule has 0 aliphatic rings. The molecule has 0 bridgehead atoms. The van der Waals surface area contributed by atoms with Crippen LogP contribution in [0.2, 0.25) is 5.02 Å². The summed E-state index contributed by atoms with van der Waals surface area (Å²) in [6, 6.07) is 5.17. The minimum Gasteiger partial charge on any atom is -0.324 e. The molecule has 0 atom stereocenters. The van der Waals surface area contributed by atoms with Crippen molar-refractivity contribution in [2.45, 2.75) is 13.5 Å². The third-order valence-corrected chi connectivity index (χ3v) is 3.73. The number of benzene rings is 1. The summed E-state index contributed by atoms with van der Waals surface area (Å²) in [7, 11) is 1.70. The first-order chi connectivity index (χ1) is 11.0. The summed E-state index contributed by atoms with van der Waals surface area (Å²) in [5.41, 5.74) is 1.69. The van der Waals surface area contributed by atoms with Gasteiger partial charge in [-0.15, -0.1) is 0 Å². The topological polar surface area (TPSA) is 81.8 Å². The van der Waals surface area contributed by atoms with Crippen LogP contribution < -0.4 is 10.9 Å². The Labute approximate surface area is 136 Å². The number of amides is 1. The van der Waals surface area contributed by atoms with Gasteiger partial charge in [-0.25, -0.2) is 4.98 Å². The predicted octanol–water partition coefficient (Wildman–Crippen LogP) is 1.73. The van der Waals surface area contributed by atoms with Crippen molar-refractivity contribution in [1.82, 2.24) is 19.3 Å². The highest BCUT2D eigenvalue weighted by Crippen LogP contribution is 2.19. The van der Waals surface area contributed by atoms with Gasteiger partial charge in [-0.3, -0.25) is 18.8 Å². The number of aromatic nitrogens is 4. The summed E-state index contributed by atoms with van der Waals surface area (Å²) in [5.74, 6) is -0.317. The molecule has 0 aliphatic carbocycles. The van der Waals surface area contributed by atoms with Crippen LogP contribution in [-0.4, -0.2) is 25.2 Å². The zero-order chi connectivity index (χ0) is 16.6. The zero-order valence-corrected chi connectivity index (χ0v) is 13.3. The van der Waals surface area contributed by atoms with Gasteiger partial charge in [0.1, 0.15) is 18.3 Å². The number of nitrogens with zero attached hydrogens (tertiary/aromatic N) is 4. The summed E-state index contributed by atoms with van der Waals surface area (Å²) in [6.07, 6.45) is 2.79. The van der Waals surface area contributed by atoms with Crippen LogP contribution in [0.15, 0.2) is 35.5 Å². The van der Waals surface area contributed by atoms with Gasteiger partial charge in [0.15, 0.2) is 5.65 Å². The summed E-state index contributed by atoms with van der Waals surface area (Å²) >= 11 is 5.89. The van der Waals surface area contributed by atoms with E-state index in [0.717, 1.165) is 5.56 Å². The summed E-state index contributed by atoms with van der Waals surface area (Å²) in [5, 5.41) is 7.73. The molecule has 1 aromatic carbocycles. The summed E-state index contributed by atoms with van der Waals surface area (Å²) in [6.45, 7) is 1.72. The largest absolute Gasteiger partial charge is 0.324 e. The number of hydrogen-bond acceptors (Lipinski definition) is 4. The van der Waals surface area contributed by atoms with Gasteiger partial charge in [0.2, 0.25) is 5.91 Å². The summed E-state index contributed by atoms with van der Waals surface area (Å²) in [4.78, 5) is 28.6. The maximum Gasteiger partial charge on any atom is 0.264 e. The van der Waals surface area contributed by atoms with Crippen LogP contribution in [0.4, 0.5) is 5.69 Å². The first kappa shape index (κ1) is 15.2. The van der Waals surface area contributed by atoms with Gasteiger partial charge in [0, 0.05) is 17.8 Å². The van der Waals surface area contributed by atoms with E-state index in [0.29, 0.717) is 21.7 Å². The molecule has 1 amide bonds. The highest BCUT2D eigenvalue weighted by molar-refractivity contribution is 6.30. The van der Waals surface area contributed by atoms with E-state index in [-0.39, 0.29) is 18.0 Å². The number of carbonyl (C=O) groups excluding carboxylic acids is 1. The lowest BCUT2D eigenvalue weighted by molar-refractivity contribution is -0.116. The van der Waals surface area contributed by atoms with Gasteiger partial charge in [0.25, 0.3) is 5.56 Å². The highest BCUT2D eigenvalue weighted by Gasteiger charge is 2.11. The number of fused-ring (bicyclic) bond motifs is 1. The molecule has 0 saturated heterocycles. The van der Waals surface area contributed by atoms with Crippen LogP contribution in [0.25, 0.3) is 11.0 Å². The Morgan fingerprint density at radius 1 is 1.39 bits per heavy atom. The average molecular weight is 332 g/mol. The standard InChI is InChI=1S/C15H14ClN5O2/c1-9-5-10(16)3-4-12(9)19-13(22)7-21-8-17-14-11(15(21)23)6-18-20(14)2/h3-6,8H,7H2,1-2H3,(H,19,22). The fraction of sp³-hybridized carbons (Fsp3) is 0.200. The maximum atomic E-state index is 12.3. The molecule has 0 aliphatic heterocycles. The number of anilines is 1. The monoisotopic (exact) mass is 331 g/mol. The van der Waals surface area contributed by atoms with Crippen molar-refractivity contribution >= 4 is 34.2 Å². The Kier molecular flexibility index (Phi) is 3.87. The molecule has 0 spiro atoms. The average Bonchev–Trinajstić information content (AvgIpc) is 2.87. The van der Waals surface area contributed by atoms with E-state index >= 15 is 0 Å². The Hall–Kier alpha value is -2.67. The molecular weight excluding hydrogens is 318 g/mol. The Morgan fingerprint density at radius 2 is 2.17 bits per heavy atom. The van der Waals surface area contributed by atoms with Crippen molar-refractivity contribution in [1.29, 1.82) is 0 Å². The van der Waals surface area contributed by atoms with Crippen LogP contribution in [0.1, 0.15) is 5.56 Å². The van der Waals surface area contributed by atoms with Crippen LogP contribution in [0.5, 0.6) is 0 Å². The zero-order valence-electron chi connectivity index (χ0n) is 12.6. The lowest BCUT2D eigenvalue weighted by atomic mass is 10.2. The second kappa shape index (κ2) is 5.85.